The molecule has 0 aliphatic rings. The second-order valence-electron chi connectivity index (χ2n) is 7.36. The third-order valence-electron chi connectivity index (χ3n) is 4.70. The van der Waals surface area contributed by atoms with Crippen LogP contribution in [0.25, 0.3) is 0 Å². The van der Waals surface area contributed by atoms with Gasteiger partial charge in [0, 0.05) is 18.8 Å². The minimum atomic E-state index is -0.229. The number of nitrogens with zero attached hydrogens (tertiary/aromatic N) is 1. The van der Waals surface area contributed by atoms with Crippen molar-refractivity contribution in [2.75, 3.05) is 31.5 Å². The summed E-state index contributed by atoms with van der Waals surface area (Å²) in [5.74, 6) is -0.402. The number of rotatable bonds is 10. The number of nitrogens with one attached hydrogen (secondary N) is 2. The van der Waals surface area contributed by atoms with Crippen molar-refractivity contribution in [2.45, 2.75) is 27.2 Å². The third kappa shape index (κ3) is 7.54. The molecule has 5 nitrogen and oxygen atoms in total. The highest BCUT2D eigenvalue weighted by Gasteiger charge is 2.12. The lowest BCUT2D eigenvalue weighted by Gasteiger charge is -2.20. The van der Waals surface area contributed by atoms with Crippen LogP contribution in [-0.4, -0.2) is 42.9 Å². The number of aryl methyl sites for hydroxylation is 3. The molecule has 0 saturated heterocycles. The summed E-state index contributed by atoms with van der Waals surface area (Å²) >= 11 is 0. The van der Waals surface area contributed by atoms with Gasteiger partial charge in [-0.15, -0.1) is 6.58 Å². The molecular weight excluding hydrogens is 362 g/mol. The van der Waals surface area contributed by atoms with Crippen molar-refractivity contribution in [3.63, 3.8) is 0 Å². The quantitative estimate of drug-likeness (QED) is 0.608. The Hall–Kier alpha value is -2.92. The number of benzene rings is 2. The van der Waals surface area contributed by atoms with Crippen molar-refractivity contribution in [3.05, 3.63) is 77.4 Å². The van der Waals surface area contributed by atoms with E-state index in [0.29, 0.717) is 6.54 Å². The number of hydrogen-bond acceptors (Lipinski definition) is 3. The average Bonchev–Trinajstić information content (AvgIpc) is 2.68. The first kappa shape index (κ1) is 22.4. The molecule has 2 rings (SSSR count). The Kier molecular flexibility index (Phi) is 8.62. The van der Waals surface area contributed by atoms with Crippen LogP contribution in [0.2, 0.25) is 0 Å². The lowest BCUT2D eigenvalue weighted by atomic mass is 10.1. The Morgan fingerprint density at radius 2 is 1.69 bits per heavy atom. The Morgan fingerprint density at radius 1 is 1.03 bits per heavy atom. The van der Waals surface area contributed by atoms with Crippen LogP contribution in [0.4, 0.5) is 5.69 Å². The van der Waals surface area contributed by atoms with Crippen LogP contribution in [0.15, 0.2) is 55.1 Å². The van der Waals surface area contributed by atoms with E-state index >= 15 is 0 Å². The van der Waals surface area contributed by atoms with Gasteiger partial charge >= 0.3 is 0 Å². The van der Waals surface area contributed by atoms with E-state index in [2.05, 4.69) is 29.3 Å². The van der Waals surface area contributed by atoms with Gasteiger partial charge in [-0.2, -0.15) is 0 Å². The molecule has 154 valence electrons. The van der Waals surface area contributed by atoms with Crippen molar-refractivity contribution >= 4 is 17.5 Å². The zero-order valence-corrected chi connectivity index (χ0v) is 17.6. The molecule has 0 saturated carbocycles. The maximum absolute atomic E-state index is 12.3. The largest absolute Gasteiger partial charge is 0.346 e. The zero-order valence-electron chi connectivity index (χ0n) is 17.6. The molecule has 0 atom stereocenters. The van der Waals surface area contributed by atoms with Gasteiger partial charge in [-0.3, -0.25) is 14.5 Å². The van der Waals surface area contributed by atoms with E-state index in [1.807, 2.05) is 56.0 Å². The summed E-state index contributed by atoms with van der Waals surface area (Å²) in [6.45, 7) is 11.3. The lowest BCUT2D eigenvalue weighted by molar-refractivity contribution is -0.125. The molecule has 2 N–H and O–H groups in total. The summed E-state index contributed by atoms with van der Waals surface area (Å²) in [6.07, 6.45) is 2.64. The second-order valence-corrected chi connectivity index (χ2v) is 7.36. The van der Waals surface area contributed by atoms with E-state index in [1.165, 1.54) is 5.56 Å². The van der Waals surface area contributed by atoms with Crippen LogP contribution < -0.4 is 10.6 Å². The highest BCUT2D eigenvalue weighted by atomic mass is 16.2. The number of amides is 2. The standard InChI is InChI=1S/C24H31N3O2/c1-5-12-27(13-11-21-9-7-6-8-10-21)17-23(29)25-16-22(28)26-24-19(3)14-18(2)15-20(24)4/h5-10,14-15H,1,11-13,16-17H2,2-4H3,(H,25,29)(H,26,28). The molecule has 0 aliphatic heterocycles. The molecule has 0 aliphatic carbocycles. The van der Waals surface area contributed by atoms with E-state index < -0.39 is 0 Å². The third-order valence-corrected chi connectivity index (χ3v) is 4.70. The van der Waals surface area contributed by atoms with Crippen LogP contribution in [0.5, 0.6) is 0 Å². The molecule has 0 aromatic heterocycles. The van der Waals surface area contributed by atoms with Gasteiger partial charge < -0.3 is 10.6 Å². The Morgan fingerprint density at radius 3 is 2.31 bits per heavy atom. The maximum atomic E-state index is 12.3. The number of carbonyl (C=O) groups is 2. The van der Waals surface area contributed by atoms with Gasteiger partial charge in [-0.1, -0.05) is 54.1 Å². The molecule has 2 aromatic carbocycles. The fourth-order valence-corrected chi connectivity index (χ4v) is 3.35. The van der Waals surface area contributed by atoms with E-state index in [-0.39, 0.29) is 24.9 Å². The van der Waals surface area contributed by atoms with E-state index in [1.54, 1.807) is 6.08 Å². The van der Waals surface area contributed by atoms with Crippen LogP contribution in [-0.2, 0) is 16.0 Å². The van der Waals surface area contributed by atoms with Gasteiger partial charge in [0.05, 0.1) is 13.1 Å². The molecule has 29 heavy (non-hydrogen) atoms. The number of anilines is 1. The monoisotopic (exact) mass is 393 g/mol. The van der Waals surface area contributed by atoms with E-state index in [4.69, 9.17) is 0 Å². The fraction of sp³-hybridized carbons (Fsp3) is 0.333. The number of hydrogen-bond donors (Lipinski definition) is 2. The minimum absolute atomic E-state index is 0.0494. The van der Waals surface area contributed by atoms with Gasteiger partial charge in [-0.05, 0) is 43.9 Å². The predicted octanol–water partition coefficient (Wildman–Crippen LogP) is 3.40. The van der Waals surface area contributed by atoms with Gasteiger partial charge in [0.25, 0.3) is 0 Å². The van der Waals surface area contributed by atoms with Gasteiger partial charge in [0.1, 0.15) is 0 Å². The van der Waals surface area contributed by atoms with Crippen molar-refractivity contribution in [1.29, 1.82) is 0 Å². The van der Waals surface area contributed by atoms with Crippen molar-refractivity contribution < 1.29 is 9.59 Å². The van der Waals surface area contributed by atoms with Crippen molar-refractivity contribution in [3.8, 4) is 0 Å². The van der Waals surface area contributed by atoms with Gasteiger partial charge in [-0.25, -0.2) is 0 Å². The molecule has 2 aromatic rings. The highest BCUT2D eigenvalue weighted by Crippen LogP contribution is 2.21. The molecule has 0 fully saturated rings. The molecule has 2 amide bonds. The SMILES string of the molecule is C=CCN(CCc1ccccc1)CC(=O)NCC(=O)Nc1c(C)cc(C)cc1C. The number of carbonyl (C=O) groups excluding carboxylic acids is 2. The molecule has 0 bridgehead atoms. The van der Waals surface area contributed by atoms with Gasteiger partial charge in [0.2, 0.25) is 11.8 Å². The average molecular weight is 394 g/mol. The van der Waals surface area contributed by atoms with Crippen LogP contribution in [0.1, 0.15) is 22.3 Å². The van der Waals surface area contributed by atoms with Crippen LogP contribution in [0, 0.1) is 20.8 Å². The Bertz CT molecular complexity index is 823. The van der Waals surface area contributed by atoms with Crippen LogP contribution >= 0.6 is 0 Å². The van der Waals surface area contributed by atoms with Crippen molar-refractivity contribution in [2.24, 2.45) is 0 Å². The maximum Gasteiger partial charge on any atom is 0.243 e. The first-order valence-electron chi connectivity index (χ1n) is 9.90. The summed E-state index contributed by atoms with van der Waals surface area (Å²) in [5, 5.41) is 5.62. The van der Waals surface area contributed by atoms with Crippen molar-refractivity contribution in [1.82, 2.24) is 10.2 Å². The fourth-order valence-electron chi connectivity index (χ4n) is 3.35. The molecule has 5 heteroatoms. The normalized spacial score (nSPS) is 10.6. The molecule has 0 spiro atoms. The Balaban J connectivity index is 1.82. The highest BCUT2D eigenvalue weighted by molar-refractivity contribution is 5.96. The van der Waals surface area contributed by atoms with E-state index in [0.717, 1.165) is 35.3 Å². The predicted molar refractivity (Wildman–Crippen MR) is 119 cm³/mol. The molecule has 0 unspecified atom stereocenters. The smallest absolute Gasteiger partial charge is 0.243 e. The van der Waals surface area contributed by atoms with E-state index in [9.17, 15) is 9.59 Å². The van der Waals surface area contributed by atoms with Gasteiger partial charge in [0.15, 0.2) is 0 Å². The van der Waals surface area contributed by atoms with Crippen LogP contribution in [0.3, 0.4) is 0 Å². The summed E-state index contributed by atoms with van der Waals surface area (Å²) in [5.41, 5.74) is 5.22. The summed E-state index contributed by atoms with van der Waals surface area (Å²) in [7, 11) is 0. The summed E-state index contributed by atoms with van der Waals surface area (Å²) in [6, 6.07) is 14.2. The molecular formula is C24H31N3O2. The lowest BCUT2D eigenvalue weighted by Crippen LogP contribution is -2.41. The second kappa shape index (κ2) is 11.2. The molecule has 0 radical (unpaired) electrons. The molecule has 0 heterocycles. The first-order valence-corrected chi connectivity index (χ1v) is 9.90. The zero-order chi connectivity index (χ0) is 21.2. The summed E-state index contributed by atoms with van der Waals surface area (Å²) < 4.78 is 0. The minimum Gasteiger partial charge on any atom is -0.346 e. The topological polar surface area (TPSA) is 61.4 Å². The Labute approximate surface area is 173 Å². The first-order chi connectivity index (χ1) is 13.9. The summed E-state index contributed by atoms with van der Waals surface area (Å²) in [4.78, 5) is 26.6.